The summed E-state index contributed by atoms with van der Waals surface area (Å²) in [6, 6.07) is 8.07. The Labute approximate surface area is 189 Å². The van der Waals surface area contributed by atoms with Gasteiger partial charge in [-0.2, -0.15) is 4.98 Å². The van der Waals surface area contributed by atoms with E-state index in [0.29, 0.717) is 18.3 Å². The Hall–Kier alpha value is -2.61. The summed E-state index contributed by atoms with van der Waals surface area (Å²) in [6.45, 7) is 8.04. The fourth-order valence-electron chi connectivity index (χ4n) is 4.76. The molecule has 0 radical (unpaired) electrons. The van der Waals surface area contributed by atoms with Crippen LogP contribution in [-0.2, 0) is 11.3 Å². The van der Waals surface area contributed by atoms with Crippen molar-refractivity contribution in [3.8, 4) is 17.1 Å². The molecule has 8 nitrogen and oxygen atoms in total. The molecule has 4 rings (SSSR count). The van der Waals surface area contributed by atoms with Crippen LogP contribution in [0.2, 0.25) is 0 Å². The lowest BCUT2D eigenvalue weighted by atomic mass is 9.94. The standard InChI is InChI=1S/C24H34N4O4/c1-24(2,3)31-23(29)28-14-8-12-20(28)19-11-5-6-13-27(19)16-21-25-22(26-32-21)17-9-7-10-18(15-17)30-4/h7,9-10,15,19-20H,5-6,8,11-14,16H2,1-4H3/t19-,20+/m1/s1. The second kappa shape index (κ2) is 9.48. The first-order valence-electron chi connectivity index (χ1n) is 11.5. The highest BCUT2D eigenvalue weighted by Gasteiger charge is 2.40. The lowest BCUT2D eigenvalue weighted by molar-refractivity contribution is 0.00514. The van der Waals surface area contributed by atoms with Crippen molar-refractivity contribution >= 4 is 6.09 Å². The van der Waals surface area contributed by atoms with Crippen LogP contribution in [0.1, 0.15) is 58.8 Å². The lowest BCUT2D eigenvalue weighted by Crippen LogP contribution is -2.53. The van der Waals surface area contributed by atoms with Gasteiger partial charge in [-0.25, -0.2) is 4.79 Å². The summed E-state index contributed by atoms with van der Waals surface area (Å²) >= 11 is 0. The van der Waals surface area contributed by atoms with Crippen LogP contribution < -0.4 is 4.74 Å². The van der Waals surface area contributed by atoms with Crippen molar-refractivity contribution in [2.24, 2.45) is 0 Å². The van der Waals surface area contributed by atoms with E-state index in [-0.39, 0.29) is 18.2 Å². The predicted molar refractivity (Wildman–Crippen MR) is 120 cm³/mol. The van der Waals surface area contributed by atoms with Crippen LogP contribution in [0.3, 0.4) is 0 Å². The first-order valence-corrected chi connectivity index (χ1v) is 11.5. The molecule has 1 aromatic heterocycles. The molecular weight excluding hydrogens is 408 g/mol. The molecule has 2 atom stereocenters. The molecule has 2 aromatic rings. The van der Waals surface area contributed by atoms with E-state index in [4.69, 9.17) is 14.0 Å². The van der Waals surface area contributed by atoms with Crippen molar-refractivity contribution in [3.63, 3.8) is 0 Å². The van der Waals surface area contributed by atoms with Crippen LogP contribution in [0.4, 0.5) is 4.79 Å². The largest absolute Gasteiger partial charge is 0.497 e. The van der Waals surface area contributed by atoms with Gasteiger partial charge < -0.3 is 18.9 Å². The first-order chi connectivity index (χ1) is 15.3. The van der Waals surface area contributed by atoms with Crippen molar-refractivity contribution in [1.82, 2.24) is 19.9 Å². The van der Waals surface area contributed by atoms with Crippen LogP contribution in [-0.4, -0.2) is 63.9 Å². The van der Waals surface area contributed by atoms with Gasteiger partial charge in [0.15, 0.2) is 0 Å². The smallest absolute Gasteiger partial charge is 0.410 e. The van der Waals surface area contributed by atoms with Gasteiger partial charge in [0.1, 0.15) is 11.4 Å². The Morgan fingerprint density at radius 3 is 2.75 bits per heavy atom. The number of likely N-dealkylation sites (tertiary alicyclic amines) is 2. The maximum Gasteiger partial charge on any atom is 0.410 e. The Bertz CT molecular complexity index is 923. The molecule has 2 fully saturated rings. The number of aromatic nitrogens is 2. The van der Waals surface area contributed by atoms with E-state index in [2.05, 4.69) is 15.0 Å². The third-order valence-electron chi connectivity index (χ3n) is 6.17. The number of carbonyl (C=O) groups excluding carboxylic acids is 1. The fourth-order valence-corrected chi connectivity index (χ4v) is 4.76. The molecular formula is C24H34N4O4. The summed E-state index contributed by atoms with van der Waals surface area (Å²) in [6.07, 6.45) is 5.16. The molecule has 2 aliphatic heterocycles. The highest BCUT2D eigenvalue weighted by Crippen LogP contribution is 2.31. The van der Waals surface area contributed by atoms with E-state index in [1.165, 1.54) is 6.42 Å². The van der Waals surface area contributed by atoms with Crippen molar-refractivity contribution in [2.75, 3.05) is 20.2 Å². The lowest BCUT2D eigenvalue weighted by Gasteiger charge is -2.41. The third kappa shape index (κ3) is 5.23. The summed E-state index contributed by atoms with van der Waals surface area (Å²) in [5.41, 5.74) is 0.373. The number of amides is 1. The summed E-state index contributed by atoms with van der Waals surface area (Å²) in [7, 11) is 1.64. The van der Waals surface area contributed by atoms with Gasteiger partial charge in [0.2, 0.25) is 11.7 Å². The van der Waals surface area contributed by atoms with E-state index < -0.39 is 5.60 Å². The zero-order chi connectivity index (χ0) is 22.7. The molecule has 1 amide bonds. The SMILES string of the molecule is COc1cccc(-c2noc(CN3CCCC[C@@H]3[C@@H]3CCCN3C(=O)OC(C)(C)C)n2)c1. The normalized spacial score (nSPS) is 22.2. The molecule has 174 valence electrons. The van der Waals surface area contributed by atoms with Crippen LogP contribution in [0.15, 0.2) is 28.8 Å². The second-order valence-corrected chi connectivity index (χ2v) is 9.66. The van der Waals surface area contributed by atoms with E-state index in [1.54, 1.807) is 7.11 Å². The molecule has 32 heavy (non-hydrogen) atoms. The number of ether oxygens (including phenoxy) is 2. The zero-order valence-electron chi connectivity index (χ0n) is 19.5. The Morgan fingerprint density at radius 1 is 1.16 bits per heavy atom. The first kappa shape index (κ1) is 22.6. The van der Waals surface area contributed by atoms with Crippen LogP contribution in [0, 0.1) is 0 Å². The van der Waals surface area contributed by atoms with Gasteiger partial charge in [-0.1, -0.05) is 23.7 Å². The van der Waals surface area contributed by atoms with Gasteiger partial charge in [0, 0.05) is 18.2 Å². The Morgan fingerprint density at radius 2 is 1.97 bits per heavy atom. The van der Waals surface area contributed by atoms with Gasteiger partial charge in [-0.05, 0) is 65.1 Å². The quantitative estimate of drug-likeness (QED) is 0.674. The Kier molecular flexibility index (Phi) is 6.69. The molecule has 2 saturated heterocycles. The highest BCUT2D eigenvalue weighted by molar-refractivity contribution is 5.69. The van der Waals surface area contributed by atoms with Crippen LogP contribution >= 0.6 is 0 Å². The zero-order valence-corrected chi connectivity index (χ0v) is 19.5. The van der Waals surface area contributed by atoms with E-state index in [1.807, 2.05) is 49.9 Å². The third-order valence-corrected chi connectivity index (χ3v) is 6.17. The number of rotatable bonds is 5. The number of hydrogen-bond donors (Lipinski definition) is 0. The molecule has 8 heteroatoms. The molecule has 2 aliphatic rings. The number of methoxy groups -OCH3 is 1. The highest BCUT2D eigenvalue weighted by atomic mass is 16.6. The topological polar surface area (TPSA) is 80.9 Å². The van der Waals surface area contributed by atoms with Crippen LogP contribution in [0.5, 0.6) is 5.75 Å². The molecule has 0 bridgehead atoms. The van der Waals surface area contributed by atoms with Crippen molar-refractivity contribution < 1.29 is 18.8 Å². The number of hydrogen-bond acceptors (Lipinski definition) is 7. The predicted octanol–water partition coefficient (Wildman–Crippen LogP) is 4.50. The average molecular weight is 443 g/mol. The van der Waals surface area contributed by atoms with E-state index in [9.17, 15) is 4.79 Å². The monoisotopic (exact) mass is 442 g/mol. The Balaban J connectivity index is 1.47. The van der Waals surface area contributed by atoms with Gasteiger partial charge >= 0.3 is 6.09 Å². The maximum absolute atomic E-state index is 12.8. The number of benzene rings is 1. The molecule has 0 saturated carbocycles. The van der Waals surface area contributed by atoms with E-state index in [0.717, 1.165) is 50.1 Å². The molecule has 0 unspecified atom stereocenters. The average Bonchev–Trinajstić information content (AvgIpc) is 3.43. The van der Waals surface area contributed by atoms with Crippen molar-refractivity contribution in [1.29, 1.82) is 0 Å². The van der Waals surface area contributed by atoms with Gasteiger partial charge in [-0.15, -0.1) is 0 Å². The van der Waals surface area contributed by atoms with Crippen LogP contribution in [0.25, 0.3) is 11.4 Å². The molecule has 0 spiro atoms. The summed E-state index contributed by atoms with van der Waals surface area (Å²) < 4.78 is 16.6. The minimum atomic E-state index is -0.489. The summed E-state index contributed by atoms with van der Waals surface area (Å²) in [4.78, 5) is 21.8. The van der Waals surface area contributed by atoms with Gasteiger partial charge in [0.05, 0.1) is 19.7 Å². The number of carbonyl (C=O) groups is 1. The summed E-state index contributed by atoms with van der Waals surface area (Å²) in [5.74, 6) is 1.91. The molecule has 0 N–H and O–H groups in total. The minimum absolute atomic E-state index is 0.158. The van der Waals surface area contributed by atoms with Crippen molar-refractivity contribution in [3.05, 3.63) is 30.2 Å². The van der Waals surface area contributed by atoms with Gasteiger partial charge in [-0.3, -0.25) is 4.90 Å². The molecule has 1 aromatic carbocycles. The van der Waals surface area contributed by atoms with Gasteiger partial charge in [0.25, 0.3) is 0 Å². The maximum atomic E-state index is 12.8. The molecule has 3 heterocycles. The number of piperidine rings is 1. The summed E-state index contributed by atoms with van der Waals surface area (Å²) in [5, 5.41) is 4.18. The van der Waals surface area contributed by atoms with E-state index >= 15 is 0 Å². The fraction of sp³-hybridized carbons (Fsp3) is 0.625. The minimum Gasteiger partial charge on any atom is -0.497 e. The second-order valence-electron chi connectivity index (χ2n) is 9.66. The molecule has 0 aliphatic carbocycles. The number of nitrogens with zero attached hydrogens (tertiary/aromatic N) is 4. The van der Waals surface area contributed by atoms with Crippen molar-refractivity contribution in [2.45, 2.75) is 77.1 Å².